The number of carbonyl (C=O) groups is 1. The van der Waals surface area contributed by atoms with Crippen LogP contribution in [0.15, 0.2) is 40.9 Å². The van der Waals surface area contributed by atoms with Crippen LogP contribution in [0.5, 0.6) is 0 Å². The average molecular weight is 296 g/mol. The highest BCUT2D eigenvalue weighted by Gasteiger charge is 2.36. The number of aromatic nitrogens is 1. The summed E-state index contributed by atoms with van der Waals surface area (Å²) in [6.45, 7) is 2.87. The van der Waals surface area contributed by atoms with Crippen molar-refractivity contribution in [1.82, 2.24) is 10.1 Å². The van der Waals surface area contributed by atoms with E-state index in [0.29, 0.717) is 17.5 Å². The van der Waals surface area contributed by atoms with E-state index < -0.39 is 0 Å². The Bertz CT molecular complexity index is 675. The summed E-state index contributed by atoms with van der Waals surface area (Å²) in [5, 5.41) is 3.99. The van der Waals surface area contributed by atoms with E-state index in [-0.39, 0.29) is 11.9 Å². The van der Waals surface area contributed by atoms with Crippen LogP contribution >= 0.6 is 0 Å². The molecule has 1 saturated heterocycles. The second kappa shape index (κ2) is 5.27. The van der Waals surface area contributed by atoms with Crippen LogP contribution in [0.2, 0.25) is 0 Å². The first-order chi connectivity index (χ1) is 10.7. The Morgan fingerprint density at radius 2 is 2.00 bits per heavy atom. The Kier molecular flexibility index (Phi) is 3.25. The molecule has 0 bridgehead atoms. The SMILES string of the molecule is CC1CC(c2ccccc2)CN1C(=O)c1cc(C2CC2)on1. The second-order valence-electron chi connectivity index (χ2n) is 6.54. The Balaban J connectivity index is 1.50. The monoisotopic (exact) mass is 296 g/mol. The number of hydrogen-bond acceptors (Lipinski definition) is 3. The van der Waals surface area contributed by atoms with E-state index in [4.69, 9.17) is 4.52 Å². The van der Waals surface area contributed by atoms with Crippen molar-refractivity contribution in [2.75, 3.05) is 6.54 Å². The van der Waals surface area contributed by atoms with Gasteiger partial charge in [-0.05, 0) is 31.7 Å². The van der Waals surface area contributed by atoms with Gasteiger partial charge in [0.2, 0.25) is 0 Å². The van der Waals surface area contributed by atoms with Gasteiger partial charge < -0.3 is 9.42 Å². The first-order valence-electron chi connectivity index (χ1n) is 8.05. The maximum Gasteiger partial charge on any atom is 0.276 e. The summed E-state index contributed by atoms with van der Waals surface area (Å²) >= 11 is 0. The average Bonchev–Trinajstić information content (AvgIpc) is 3.15. The number of likely N-dealkylation sites (tertiary alicyclic amines) is 1. The molecule has 2 heterocycles. The van der Waals surface area contributed by atoms with Crippen molar-refractivity contribution in [3.63, 3.8) is 0 Å². The number of rotatable bonds is 3. The molecule has 0 radical (unpaired) electrons. The van der Waals surface area contributed by atoms with E-state index in [9.17, 15) is 4.79 Å². The van der Waals surface area contributed by atoms with Gasteiger partial charge >= 0.3 is 0 Å². The lowest BCUT2D eigenvalue weighted by Gasteiger charge is -2.19. The van der Waals surface area contributed by atoms with Gasteiger partial charge in [-0.1, -0.05) is 35.5 Å². The summed E-state index contributed by atoms with van der Waals surface area (Å²) < 4.78 is 5.32. The standard InChI is InChI=1S/C18H20N2O2/c1-12-9-15(13-5-3-2-4-6-13)11-20(12)18(21)16-10-17(22-19-16)14-7-8-14/h2-6,10,12,14-15H,7-9,11H2,1H3. The van der Waals surface area contributed by atoms with Crippen LogP contribution in [0.4, 0.5) is 0 Å². The maximum atomic E-state index is 12.7. The van der Waals surface area contributed by atoms with Gasteiger partial charge in [0.25, 0.3) is 5.91 Å². The highest BCUT2D eigenvalue weighted by atomic mass is 16.5. The Morgan fingerprint density at radius 1 is 1.23 bits per heavy atom. The lowest BCUT2D eigenvalue weighted by molar-refractivity contribution is 0.0735. The van der Waals surface area contributed by atoms with Crippen molar-refractivity contribution in [1.29, 1.82) is 0 Å². The molecule has 4 rings (SSSR count). The van der Waals surface area contributed by atoms with Crippen LogP contribution in [0, 0.1) is 0 Å². The van der Waals surface area contributed by atoms with Crippen molar-refractivity contribution in [2.24, 2.45) is 0 Å². The van der Waals surface area contributed by atoms with E-state index in [2.05, 4.69) is 36.3 Å². The van der Waals surface area contributed by atoms with Gasteiger partial charge in [-0.15, -0.1) is 0 Å². The number of hydrogen-bond donors (Lipinski definition) is 0. The Hall–Kier alpha value is -2.10. The quantitative estimate of drug-likeness (QED) is 0.870. The van der Waals surface area contributed by atoms with Gasteiger partial charge in [-0.2, -0.15) is 0 Å². The number of carbonyl (C=O) groups excluding carboxylic acids is 1. The molecule has 22 heavy (non-hydrogen) atoms. The zero-order valence-electron chi connectivity index (χ0n) is 12.7. The molecule has 4 heteroatoms. The van der Waals surface area contributed by atoms with E-state index >= 15 is 0 Å². The minimum Gasteiger partial charge on any atom is -0.360 e. The lowest BCUT2D eigenvalue weighted by atomic mass is 9.97. The summed E-state index contributed by atoms with van der Waals surface area (Å²) in [7, 11) is 0. The fourth-order valence-electron chi connectivity index (χ4n) is 3.38. The van der Waals surface area contributed by atoms with Gasteiger partial charge in [0, 0.05) is 30.5 Å². The van der Waals surface area contributed by atoms with Crippen molar-refractivity contribution < 1.29 is 9.32 Å². The summed E-state index contributed by atoms with van der Waals surface area (Å²) in [5.74, 6) is 1.77. The molecular formula is C18H20N2O2. The Morgan fingerprint density at radius 3 is 2.73 bits per heavy atom. The topological polar surface area (TPSA) is 46.3 Å². The molecule has 2 aliphatic rings. The minimum absolute atomic E-state index is 0.00146. The predicted octanol–water partition coefficient (Wildman–Crippen LogP) is 3.57. The second-order valence-corrected chi connectivity index (χ2v) is 6.54. The van der Waals surface area contributed by atoms with Crippen molar-refractivity contribution in [3.8, 4) is 0 Å². The van der Waals surface area contributed by atoms with Crippen molar-refractivity contribution in [2.45, 2.75) is 44.1 Å². The largest absolute Gasteiger partial charge is 0.360 e. The predicted molar refractivity (Wildman–Crippen MR) is 82.8 cm³/mol. The fraction of sp³-hybridized carbons (Fsp3) is 0.444. The highest BCUT2D eigenvalue weighted by Crippen LogP contribution is 2.40. The fourth-order valence-corrected chi connectivity index (χ4v) is 3.38. The van der Waals surface area contributed by atoms with Gasteiger partial charge in [-0.3, -0.25) is 4.79 Å². The summed E-state index contributed by atoms with van der Waals surface area (Å²) in [5.41, 5.74) is 1.77. The van der Waals surface area contributed by atoms with Gasteiger partial charge in [-0.25, -0.2) is 0 Å². The number of benzene rings is 1. The maximum absolute atomic E-state index is 12.7. The van der Waals surface area contributed by atoms with Crippen molar-refractivity contribution in [3.05, 3.63) is 53.4 Å². The third kappa shape index (κ3) is 2.43. The van der Waals surface area contributed by atoms with Gasteiger partial charge in [0.1, 0.15) is 5.76 Å². The molecule has 1 amide bonds. The Labute approximate surface area is 130 Å². The molecule has 2 aromatic rings. The van der Waals surface area contributed by atoms with E-state index in [1.807, 2.05) is 17.0 Å². The normalized spacial score (nSPS) is 24.7. The molecule has 0 N–H and O–H groups in total. The zero-order valence-corrected chi connectivity index (χ0v) is 12.7. The summed E-state index contributed by atoms with van der Waals surface area (Å²) in [4.78, 5) is 14.6. The van der Waals surface area contributed by atoms with Crippen LogP contribution in [-0.2, 0) is 0 Å². The molecule has 1 saturated carbocycles. The van der Waals surface area contributed by atoms with Crippen LogP contribution < -0.4 is 0 Å². The smallest absolute Gasteiger partial charge is 0.276 e. The first kappa shape index (κ1) is 13.6. The van der Waals surface area contributed by atoms with Gasteiger partial charge in [0.05, 0.1) is 0 Å². The highest BCUT2D eigenvalue weighted by molar-refractivity contribution is 5.92. The van der Waals surface area contributed by atoms with Crippen LogP contribution in [0.1, 0.15) is 59.8 Å². The van der Waals surface area contributed by atoms with E-state index in [1.54, 1.807) is 0 Å². The molecule has 2 fully saturated rings. The van der Waals surface area contributed by atoms with Gasteiger partial charge in [0.15, 0.2) is 5.69 Å². The van der Waals surface area contributed by atoms with E-state index in [1.165, 1.54) is 5.56 Å². The third-order valence-corrected chi connectivity index (χ3v) is 4.83. The molecular weight excluding hydrogens is 276 g/mol. The molecule has 1 aliphatic heterocycles. The molecule has 2 unspecified atom stereocenters. The van der Waals surface area contributed by atoms with Crippen LogP contribution in [0.25, 0.3) is 0 Å². The molecule has 1 aromatic heterocycles. The zero-order chi connectivity index (χ0) is 15.1. The summed E-state index contributed by atoms with van der Waals surface area (Å²) in [6, 6.07) is 12.5. The van der Waals surface area contributed by atoms with Crippen molar-refractivity contribution >= 4 is 5.91 Å². The van der Waals surface area contributed by atoms with Crippen LogP contribution in [0.3, 0.4) is 0 Å². The number of amides is 1. The first-order valence-corrected chi connectivity index (χ1v) is 8.05. The van der Waals surface area contributed by atoms with Crippen LogP contribution in [-0.4, -0.2) is 28.6 Å². The third-order valence-electron chi connectivity index (χ3n) is 4.83. The summed E-state index contributed by atoms with van der Waals surface area (Å²) in [6.07, 6.45) is 3.31. The molecule has 4 nitrogen and oxygen atoms in total. The minimum atomic E-state index is 0.00146. The molecule has 1 aromatic carbocycles. The number of nitrogens with zero attached hydrogens (tertiary/aromatic N) is 2. The van der Waals surface area contributed by atoms with E-state index in [0.717, 1.165) is 31.6 Å². The lowest BCUT2D eigenvalue weighted by Crippen LogP contribution is -2.34. The molecule has 0 spiro atoms. The molecule has 1 aliphatic carbocycles. The molecule has 2 atom stereocenters. The molecule has 114 valence electrons.